The van der Waals surface area contributed by atoms with Crippen molar-refractivity contribution in [2.75, 3.05) is 6.54 Å². The molecule has 27 heavy (non-hydrogen) atoms. The van der Waals surface area contributed by atoms with Gasteiger partial charge in [0.2, 0.25) is 5.91 Å². The number of carbonyl (C=O) groups excluding carboxylic acids is 2. The number of nitrogens with zero attached hydrogens (tertiary/aromatic N) is 1. The van der Waals surface area contributed by atoms with Gasteiger partial charge >= 0.3 is 6.09 Å². The van der Waals surface area contributed by atoms with Crippen molar-refractivity contribution in [1.29, 1.82) is 5.26 Å². The van der Waals surface area contributed by atoms with Crippen LogP contribution < -0.4 is 10.6 Å². The van der Waals surface area contributed by atoms with Crippen LogP contribution in [0.5, 0.6) is 0 Å². The van der Waals surface area contributed by atoms with Gasteiger partial charge in [0.15, 0.2) is 0 Å². The summed E-state index contributed by atoms with van der Waals surface area (Å²) in [5.41, 5.74) is 0.326. The number of ether oxygens (including phenoxy) is 1. The lowest BCUT2D eigenvalue weighted by molar-refractivity contribution is -0.118. The zero-order chi connectivity index (χ0) is 19.9. The van der Waals surface area contributed by atoms with Crippen LogP contribution in [-0.4, -0.2) is 29.7 Å². The fourth-order valence-corrected chi connectivity index (χ4v) is 3.14. The second kappa shape index (κ2) is 8.72. The number of benzene rings is 1. The van der Waals surface area contributed by atoms with E-state index in [4.69, 9.17) is 10.00 Å². The van der Waals surface area contributed by atoms with Crippen molar-refractivity contribution >= 4 is 18.1 Å². The van der Waals surface area contributed by atoms with Crippen LogP contribution in [0.3, 0.4) is 0 Å². The van der Waals surface area contributed by atoms with Gasteiger partial charge in [-0.2, -0.15) is 5.26 Å². The SMILES string of the molecule is CC(C)(C)OC(=O)NCC1(NC(=O)C=Cc2cccc(C#N)c2)CCCC1. The van der Waals surface area contributed by atoms with Gasteiger partial charge in [-0.3, -0.25) is 4.79 Å². The summed E-state index contributed by atoms with van der Waals surface area (Å²) in [6.45, 7) is 5.77. The number of rotatable bonds is 5. The molecule has 0 atom stereocenters. The van der Waals surface area contributed by atoms with Crippen molar-refractivity contribution in [3.63, 3.8) is 0 Å². The number of carbonyl (C=O) groups is 2. The van der Waals surface area contributed by atoms with Gasteiger partial charge < -0.3 is 15.4 Å². The molecule has 2 rings (SSSR count). The molecule has 0 saturated heterocycles. The molecule has 0 bridgehead atoms. The molecule has 1 aliphatic carbocycles. The Morgan fingerprint density at radius 1 is 1.30 bits per heavy atom. The average molecular weight is 369 g/mol. The van der Waals surface area contributed by atoms with Gasteiger partial charge in [0.25, 0.3) is 0 Å². The van der Waals surface area contributed by atoms with Gasteiger partial charge in [-0.15, -0.1) is 0 Å². The van der Waals surface area contributed by atoms with E-state index in [0.717, 1.165) is 31.2 Å². The van der Waals surface area contributed by atoms with Crippen LogP contribution in [0.2, 0.25) is 0 Å². The summed E-state index contributed by atoms with van der Waals surface area (Å²) in [5, 5.41) is 14.8. The maximum Gasteiger partial charge on any atom is 0.407 e. The normalized spacial score (nSPS) is 15.9. The van der Waals surface area contributed by atoms with Crippen molar-refractivity contribution in [1.82, 2.24) is 10.6 Å². The molecule has 1 aromatic carbocycles. The lowest BCUT2D eigenvalue weighted by Crippen LogP contribution is -2.54. The van der Waals surface area contributed by atoms with E-state index in [-0.39, 0.29) is 5.91 Å². The number of nitriles is 1. The molecule has 2 amide bonds. The monoisotopic (exact) mass is 369 g/mol. The summed E-state index contributed by atoms with van der Waals surface area (Å²) in [5.74, 6) is -0.217. The smallest absolute Gasteiger partial charge is 0.407 e. The van der Waals surface area contributed by atoms with Crippen molar-refractivity contribution in [3.05, 3.63) is 41.5 Å². The molecular formula is C21H27N3O3. The Balaban J connectivity index is 1.96. The summed E-state index contributed by atoms with van der Waals surface area (Å²) < 4.78 is 5.27. The molecule has 6 nitrogen and oxygen atoms in total. The molecular weight excluding hydrogens is 342 g/mol. The molecule has 0 heterocycles. The standard InChI is InChI=1S/C21H27N3O3/c1-20(2,3)27-19(26)23-15-21(11-4-5-12-21)24-18(25)10-9-16-7-6-8-17(13-16)14-22/h6-10,13H,4-5,11-12,15H2,1-3H3,(H,23,26)(H,24,25). The maximum absolute atomic E-state index is 12.4. The molecule has 1 aliphatic rings. The van der Waals surface area contributed by atoms with Gasteiger partial charge in [-0.1, -0.05) is 25.0 Å². The largest absolute Gasteiger partial charge is 0.444 e. The lowest BCUT2D eigenvalue weighted by atomic mass is 9.97. The van der Waals surface area contributed by atoms with Crippen LogP contribution >= 0.6 is 0 Å². The van der Waals surface area contributed by atoms with Crippen LogP contribution in [0.1, 0.15) is 57.6 Å². The van der Waals surface area contributed by atoms with Crippen LogP contribution in [0.4, 0.5) is 4.79 Å². The highest BCUT2D eigenvalue weighted by atomic mass is 16.6. The Hall–Kier alpha value is -2.81. The van der Waals surface area contributed by atoms with Crippen LogP contribution in [0.15, 0.2) is 30.3 Å². The highest BCUT2D eigenvalue weighted by Crippen LogP contribution is 2.29. The maximum atomic E-state index is 12.4. The minimum absolute atomic E-state index is 0.217. The lowest BCUT2D eigenvalue weighted by Gasteiger charge is -2.30. The van der Waals surface area contributed by atoms with Crippen LogP contribution in [-0.2, 0) is 9.53 Å². The van der Waals surface area contributed by atoms with Crippen molar-refractivity contribution in [2.24, 2.45) is 0 Å². The van der Waals surface area contributed by atoms with E-state index >= 15 is 0 Å². The minimum atomic E-state index is -0.559. The fraction of sp³-hybridized carbons (Fsp3) is 0.476. The predicted molar refractivity (Wildman–Crippen MR) is 104 cm³/mol. The fourth-order valence-electron chi connectivity index (χ4n) is 3.14. The molecule has 6 heteroatoms. The van der Waals surface area contributed by atoms with Crippen molar-refractivity contribution < 1.29 is 14.3 Å². The molecule has 0 spiro atoms. The first kappa shape index (κ1) is 20.5. The number of amides is 2. The second-order valence-corrected chi connectivity index (χ2v) is 7.90. The first-order valence-corrected chi connectivity index (χ1v) is 9.19. The third kappa shape index (κ3) is 6.78. The Morgan fingerprint density at radius 3 is 2.63 bits per heavy atom. The van der Waals surface area contributed by atoms with E-state index < -0.39 is 17.2 Å². The number of hydrogen-bond donors (Lipinski definition) is 2. The molecule has 0 aliphatic heterocycles. The average Bonchev–Trinajstić information content (AvgIpc) is 3.06. The summed E-state index contributed by atoms with van der Waals surface area (Å²) in [7, 11) is 0. The molecule has 0 aromatic heterocycles. The Morgan fingerprint density at radius 2 is 2.00 bits per heavy atom. The molecule has 1 aromatic rings. The second-order valence-electron chi connectivity index (χ2n) is 7.90. The van der Waals surface area contributed by atoms with E-state index in [1.165, 1.54) is 6.08 Å². The quantitative estimate of drug-likeness (QED) is 0.777. The molecule has 0 unspecified atom stereocenters. The Kier molecular flexibility index (Phi) is 6.62. The predicted octanol–water partition coefficient (Wildman–Crippen LogP) is 3.53. The van der Waals surface area contributed by atoms with Gasteiger partial charge in [-0.25, -0.2) is 4.79 Å². The van der Waals surface area contributed by atoms with Gasteiger partial charge in [0.1, 0.15) is 5.60 Å². The number of hydrogen-bond acceptors (Lipinski definition) is 4. The summed E-state index contributed by atoms with van der Waals surface area (Å²) >= 11 is 0. The van der Waals surface area contributed by atoms with Crippen LogP contribution in [0.25, 0.3) is 6.08 Å². The summed E-state index contributed by atoms with van der Waals surface area (Å²) in [6.07, 6.45) is 6.30. The first-order chi connectivity index (χ1) is 12.7. The zero-order valence-corrected chi connectivity index (χ0v) is 16.2. The Labute approximate surface area is 160 Å². The topological polar surface area (TPSA) is 91.2 Å². The third-order valence-corrected chi connectivity index (χ3v) is 4.36. The number of alkyl carbamates (subject to hydrolysis) is 1. The van der Waals surface area contributed by atoms with E-state index in [1.54, 1.807) is 24.3 Å². The molecule has 2 N–H and O–H groups in total. The van der Waals surface area contributed by atoms with Crippen molar-refractivity contribution in [2.45, 2.75) is 57.6 Å². The van der Waals surface area contributed by atoms with Gasteiger partial charge in [-0.05, 0) is 57.4 Å². The molecule has 0 radical (unpaired) electrons. The summed E-state index contributed by atoms with van der Waals surface area (Å²) in [4.78, 5) is 24.3. The van der Waals surface area contributed by atoms with E-state index in [9.17, 15) is 9.59 Å². The van der Waals surface area contributed by atoms with E-state index in [0.29, 0.717) is 12.1 Å². The summed E-state index contributed by atoms with van der Waals surface area (Å²) in [6, 6.07) is 9.12. The zero-order valence-electron chi connectivity index (χ0n) is 16.2. The molecule has 1 fully saturated rings. The van der Waals surface area contributed by atoms with E-state index in [2.05, 4.69) is 16.7 Å². The van der Waals surface area contributed by atoms with Gasteiger partial charge in [0, 0.05) is 12.6 Å². The van der Waals surface area contributed by atoms with E-state index in [1.807, 2.05) is 26.8 Å². The molecule has 144 valence electrons. The van der Waals surface area contributed by atoms with Gasteiger partial charge in [0.05, 0.1) is 17.2 Å². The minimum Gasteiger partial charge on any atom is -0.444 e. The Bertz CT molecular complexity index is 751. The molecule has 1 saturated carbocycles. The van der Waals surface area contributed by atoms with Crippen LogP contribution in [0, 0.1) is 11.3 Å². The van der Waals surface area contributed by atoms with Crippen molar-refractivity contribution in [3.8, 4) is 6.07 Å². The first-order valence-electron chi connectivity index (χ1n) is 9.19. The third-order valence-electron chi connectivity index (χ3n) is 4.36. The highest BCUT2D eigenvalue weighted by Gasteiger charge is 2.35. The number of nitrogens with one attached hydrogen (secondary N) is 2. The highest BCUT2D eigenvalue weighted by molar-refractivity contribution is 5.92.